The molecule has 0 bridgehead atoms. The topological polar surface area (TPSA) is 56.5 Å². The van der Waals surface area contributed by atoms with E-state index in [1.54, 1.807) is 0 Å². The van der Waals surface area contributed by atoms with E-state index < -0.39 is 0 Å². The predicted molar refractivity (Wildman–Crippen MR) is 86.9 cm³/mol. The van der Waals surface area contributed by atoms with Crippen LogP contribution in [-0.2, 0) is 0 Å². The molecular weight excluding hydrogens is 332 g/mol. The summed E-state index contributed by atoms with van der Waals surface area (Å²) in [6, 6.07) is 4.91. The van der Waals surface area contributed by atoms with Crippen molar-refractivity contribution in [2.45, 2.75) is 44.2 Å². The van der Waals surface area contributed by atoms with Gasteiger partial charge in [-0.25, -0.2) is 0 Å². The van der Waals surface area contributed by atoms with E-state index in [2.05, 4.69) is 33.4 Å². The Labute approximate surface area is 134 Å². The molecule has 1 unspecified atom stereocenters. The molecule has 1 aromatic rings. The van der Waals surface area contributed by atoms with Crippen molar-refractivity contribution in [3.05, 3.63) is 22.2 Å². The molecule has 1 atom stereocenters. The van der Waals surface area contributed by atoms with Crippen LogP contribution in [0.2, 0.25) is 0 Å². The first-order chi connectivity index (χ1) is 10.3. The largest absolute Gasteiger partial charge is 0.486 e. The Balaban J connectivity index is 1.78. The molecule has 21 heavy (non-hydrogen) atoms. The zero-order valence-corrected chi connectivity index (χ0v) is 13.8. The second kappa shape index (κ2) is 6.99. The average molecular weight is 355 g/mol. The minimum absolute atomic E-state index is 0.167. The minimum atomic E-state index is 0.167. The van der Waals surface area contributed by atoms with E-state index in [0.29, 0.717) is 25.8 Å². The number of halogens is 1. The molecule has 0 saturated heterocycles. The Kier molecular flexibility index (Phi) is 5.03. The summed E-state index contributed by atoms with van der Waals surface area (Å²) in [6.07, 6.45) is 6.51. The van der Waals surface area contributed by atoms with Gasteiger partial charge in [-0.3, -0.25) is 0 Å². The summed E-state index contributed by atoms with van der Waals surface area (Å²) >= 11 is 3.58. The smallest absolute Gasteiger partial charge is 0.175 e. The second-order valence-electron chi connectivity index (χ2n) is 5.82. The van der Waals surface area contributed by atoms with Gasteiger partial charge in [0.15, 0.2) is 11.5 Å². The van der Waals surface area contributed by atoms with Crippen molar-refractivity contribution in [1.29, 1.82) is 0 Å². The van der Waals surface area contributed by atoms with Crippen molar-refractivity contribution in [1.82, 2.24) is 5.32 Å². The van der Waals surface area contributed by atoms with Crippen LogP contribution in [-0.4, -0.2) is 25.8 Å². The van der Waals surface area contributed by atoms with Gasteiger partial charge in [0.2, 0.25) is 0 Å². The van der Waals surface area contributed by atoms with Crippen LogP contribution in [0.5, 0.6) is 11.5 Å². The number of nitrogens with one attached hydrogen (secondary N) is 1. The Morgan fingerprint density at radius 2 is 1.95 bits per heavy atom. The third-order valence-corrected chi connectivity index (χ3v) is 4.89. The number of hydrogen-bond donors (Lipinski definition) is 2. The monoisotopic (exact) mass is 354 g/mol. The van der Waals surface area contributed by atoms with Crippen LogP contribution in [0.4, 0.5) is 0 Å². The maximum Gasteiger partial charge on any atom is 0.175 e. The second-order valence-corrected chi connectivity index (χ2v) is 6.67. The number of hydrogen-bond acceptors (Lipinski definition) is 4. The molecule has 116 valence electrons. The van der Waals surface area contributed by atoms with Crippen LogP contribution >= 0.6 is 15.9 Å². The fourth-order valence-electron chi connectivity index (χ4n) is 3.19. The van der Waals surface area contributed by atoms with Gasteiger partial charge in [-0.2, -0.15) is 0 Å². The molecule has 0 spiro atoms. The van der Waals surface area contributed by atoms with Gasteiger partial charge in [-0.05, 0) is 46.5 Å². The number of benzene rings is 1. The molecule has 1 fully saturated rings. The van der Waals surface area contributed by atoms with Crippen molar-refractivity contribution in [2.24, 2.45) is 5.73 Å². The molecule has 0 aromatic heterocycles. The molecule has 3 rings (SSSR count). The summed E-state index contributed by atoms with van der Waals surface area (Å²) in [5.41, 5.74) is 7.16. The van der Waals surface area contributed by atoms with Crippen LogP contribution in [0, 0.1) is 0 Å². The lowest BCUT2D eigenvalue weighted by Gasteiger charge is -2.29. The highest BCUT2D eigenvalue weighted by atomic mass is 79.9. The molecule has 1 aliphatic carbocycles. The highest BCUT2D eigenvalue weighted by Crippen LogP contribution is 2.40. The zero-order chi connectivity index (χ0) is 14.7. The van der Waals surface area contributed by atoms with E-state index in [-0.39, 0.29) is 6.04 Å². The summed E-state index contributed by atoms with van der Waals surface area (Å²) in [4.78, 5) is 0. The summed E-state index contributed by atoms with van der Waals surface area (Å²) in [6.45, 7) is 1.79. The first-order valence-corrected chi connectivity index (χ1v) is 8.62. The summed E-state index contributed by atoms with van der Waals surface area (Å²) in [5, 5.41) is 3.71. The average Bonchev–Trinajstić information content (AvgIpc) is 2.53. The van der Waals surface area contributed by atoms with Crippen molar-refractivity contribution >= 4 is 15.9 Å². The van der Waals surface area contributed by atoms with E-state index in [0.717, 1.165) is 16.0 Å². The van der Waals surface area contributed by atoms with E-state index >= 15 is 0 Å². The third kappa shape index (κ3) is 3.52. The van der Waals surface area contributed by atoms with Crippen LogP contribution in [0.1, 0.15) is 43.7 Å². The summed E-state index contributed by atoms with van der Waals surface area (Å²) in [7, 11) is 0. The van der Waals surface area contributed by atoms with Crippen molar-refractivity contribution < 1.29 is 9.47 Å². The maximum absolute atomic E-state index is 6.00. The minimum Gasteiger partial charge on any atom is -0.486 e. The standard InChI is InChI=1S/C16H23BrN2O2/c17-13-8-11(9-15-16(13)21-7-6-20-15)14(10-18)19-12-4-2-1-3-5-12/h8-9,12,14,19H,1-7,10,18H2. The SMILES string of the molecule is NCC(NC1CCCCC1)c1cc(Br)c2c(c1)OCCO2. The van der Waals surface area contributed by atoms with Gasteiger partial charge in [0.1, 0.15) is 13.2 Å². The molecule has 1 aromatic carbocycles. The Morgan fingerprint density at radius 1 is 1.19 bits per heavy atom. The summed E-state index contributed by atoms with van der Waals surface area (Å²) < 4.78 is 12.3. The van der Waals surface area contributed by atoms with Crippen LogP contribution < -0.4 is 20.5 Å². The predicted octanol–water partition coefficient (Wildman–Crippen LogP) is 3.14. The van der Waals surface area contributed by atoms with Crippen LogP contribution in [0.15, 0.2) is 16.6 Å². The molecule has 3 N–H and O–H groups in total. The van der Waals surface area contributed by atoms with E-state index in [1.807, 2.05) is 0 Å². The normalized spacial score (nSPS) is 20.3. The zero-order valence-electron chi connectivity index (χ0n) is 12.2. The first-order valence-electron chi connectivity index (χ1n) is 7.83. The van der Waals surface area contributed by atoms with Crippen LogP contribution in [0.25, 0.3) is 0 Å². The van der Waals surface area contributed by atoms with E-state index in [4.69, 9.17) is 15.2 Å². The van der Waals surface area contributed by atoms with E-state index in [9.17, 15) is 0 Å². The fraction of sp³-hybridized carbons (Fsp3) is 0.625. The number of nitrogens with two attached hydrogens (primary N) is 1. The van der Waals surface area contributed by atoms with E-state index in [1.165, 1.54) is 37.7 Å². The molecule has 2 aliphatic rings. The third-order valence-electron chi connectivity index (χ3n) is 4.30. The van der Waals surface area contributed by atoms with Gasteiger partial charge in [0.25, 0.3) is 0 Å². The summed E-state index contributed by atoms with van der Waals surface area (Å²) in [5.74, 6) is 1.62. The number of ether oxygens (including phenoxy) is 2. The maximum atomic E-state index is 6.00. The lowest BCUT2D eigenvalue weighted by atomic mass is 9.94. The molecular formula is C16H23BrN2O2. The first kappa shape index (κ1) is 15.1. The fourth-order valence-corrected chi connectivity index (χ4v) is 3.76. The van der Waals surface area contributed by atoms with Gasteiger partial charge < -0.3 is 20.5 Å². The molecule has 1 heterocycles. The number of rotatable bonds is 4. The molecule has 4 nitrogen and oxygen atoms in total. The van der Waals surface area contributed by atoms with Crippen LogP contribution in [0.3, 0.4) is 0 Å². The van der Waals surface area contributed by atoms with Gasteiger partial charge in [0.05, 0.1) is 4.47 Å². The molecule has 1 saturated carbocycles. The van der Waals surface area contributed by atoms with Gasteiger partial charge >= 0.3 is 0 Å². The highest BCUT2D eigenvalue weighted by molar-refractivity contribution is 9.10. The Morgan fingerprint density at radius 3 is 2.71 bits per heavy atom. The number of fused-ring (bicyclic) bond motifs is 1. The van der Waals surface area contributed by atoms with Gasteiger partial charge in [0, 0.05) is 18.6 Å². The lowest BCUT2D eigenvalue weighted by molar-refractivity contribution is 0.170. The lowest BCUT2D eigenvalue weighted by Crippen LogP contribution is -2.38. The highest BCUT2D eigenvalue weighted by Gasteiger charge is 2.22. The Hall–Kier alpha value is -0.780. The molecule has 0 amide bonds. The molecule has 5 heteroatoms. The Bertz CT molecular complexity index is 489. The van der Waals surface area contributed by atoms with Crippen molar-refractivity contribution in [3.63, 3.8) is 0 Å². The van der Waals surface area contributed by atoms with Gasteiger partial charge in [-0.15, -0.1) is 0 Å². The quantitative estimate of drug-likeness (QED) is 0.871. The molecule has 1 aliphatic heterocycles. The van der Waals surface area contributed by atoms with Gasteiger partial charge in [-0.1, -0.05) is 19.3 Å². The van der Waals surface area contributed by atoms with Crippen molar-refractivity contribution in [3.8, 4) is 11.5 Å². The van der Waals surface area contributed by atoms with Crippen molar-refractivity contribution in [2.75, 3.05) is 19.8 Å². The molecule has 0 radical (unpaired) electrons.